The molecular formula is C25H29ClN4O3. The van der Waals surface area contributed by atoms with E-state index in [9.17, 15) is 14.4 Å². The van der Waals surface area contributed by atoms with Gasteiger partial charge in [-0.25, -0.2) is 4.79 Å². The van der Waals surface area contributed by atoms with Crippen molar-refractivity contribution in [2.75, 3.05) is 26.2 Å². The molecule has 174 valence electrons. The number of carbonyl (C=O) groups is 3. The fourth-order valence-corrected chi connectivity index (χ4v) is 4.83. The number of amides is 4. The third-order valence-electron chi connectivity index (χ3n) is 6.54. The Morgan fingerprint density at radius 1 is 1.12 bits per heavy atom. The van der Waals surface area contributed by atoms with Crippen LogP contribution in [0.1, 0.15) is 42.5 Å². The molecule has 0 aliphatic carbocycles. The summed E-state index contributed by atoms with van der Waals surface area (Å²) in [5.74, 6) is -0.823. The standard InChI is InChI=1S/C25H29ClN4O3/c1-17-9-11-18(12-10-17)25(2)23(32)30(24(33)28-25)16-22(31)27-15-21(29-13-5-6-14-29)19-7-3-4-8-20(19)26/h3-4,7-12,21H,5-6,13-16H2,1-2H3,(H,27,31)(H,28,33). The maximum atomic E-state index is 13.1. The van der Waals surface area contributed by atoms with Crippen molar-refractivity contribution in [2.45, 2.75) is 38.3 Å². The van der Waals surface area contributed by atoms with Crippen molar-refractivity contribution in [3.63, 3.8) is 0 Å². The Morgan fingerprint density at radius 3 is 2.45 bits per heavy atom. The van der Waals surface area contributed by atoms with Crippen molar-refractivity contribution in [3.05, 3.63) is 70.2 Å². The monoisotopic (exact) mass is 468 g/mol. The molecule has 2 heterocycles. The van der Waals surface area contributed by atoms with Crippen LogP contribution in [0.4, 0.5) is 4.79 Å². The van der Waals surface area contributed by atoms with Gasteiger partial charge >= 0.3 is 6.03 Å². The fraction of sp³-hybridized carbons (Fsp3) is 0.400. The Kier molecular flexibility index (Phi) is 6.72. The van der Waals surface area contributed by atoms with Crippen LogP contribution >= 0.6 is 11.6 Å². The van der Waals surface area contributed by atoms with Crippen molar-refractivity contribution in [3.8, 4) is 0 Å². The van der Waals surface area contributed by atoms with Gasteiger partial charge in [0.1, 0.15) is 12.1 Å². The van der Waals surface area contributed by atoms with Crippen LogP contribution in [-0.2, 0) is 15.1 Å². The summed E-state index contributed by atoms with van der Waals surface area (Å²) in [5.41, 5.74) is 1.51. The molecule has 0 aromatic heterocycles. The number of aryl methyl sites for hydroxylation is 1. The van der Waals surface area contributed by atoms with E-state index in [1.54, 1.807) is 6.92 Å². The highest BCUT2D eigenvalue weighted by atomic mass is 35.5. The fourth-order valence-electron chi connectivity index (χ4n) is 4.57. The van der Waals surface area contributed by atoms with Crippen LogP contribution in [0.2, 0.25) is 5.02 Å². The number of likely N-dealkylation sites (tertiary alicyclic amines) is 1. The van der Waals surface area contributed by atoms with Gasteiger partial charge in [0.05, 0.1) is 6.04 Å². The first-order chi connectivity index (χ1) is 15.8. The molecule has 2 aromatic carbocycles. The lowest BCUT2D eigenvalue weighted by atomic mass is 9.91. The number of hydrogen-bond acceptors (Lipinski definition) is 4. The Labute approximate surface area is 199 Å². The molecule has 7 nitrogen and oxygen atoms in total. The van der Waals surface area contributed by atoms with Crippen LogP contribution in [0.5, 0.6) is 0 Å². The minimum atomic E-state index is -1.19. The number of nitrogens with one attached hydrogen (secondary N) is 2. The number of nitrogens with zero attached hydrogens (tertiary/aromatic N) is 2. The lowest BCUT2D eigenvalue weighted by Gasteiger charge is -2.29. The summed E-state index contributed by atoms with van der Waals surface area (Å²) in [4.78, 5) is 41.8. The average Bonchev–Trinajstić information content (AvgIpc) is 3.39. The molecular weight excluding hydrogens is 440 g/mol. The van der Waals surface area contributed by atoms with Gasteiger partial charge in [0.15, 0.2) is 0 Å². The molecule has 0 bridgehead atoms. The number of rotatable bonds is 7. The minimum Gasteiger partial charge on any atom is -0.353 e. The van der Waals surface area contributed by atoms with Crippen LogP contribution in [0.15, 0.2) is 48.5 Å². The van der Waals surface area contributed by atoms with E-state index in [1.165, 1.54) is 0 Å². The van der Waals surface area contributed by atoms with Crippen LogP contribution in [0, 0.1) is 6.92 Å². The number of hydrogen-bond donors (Lipinski definition) is 2. The molecule has 0 saturated carbocycles. The third kappa shape index (κ3) is 4.75. The predicted molar refractivity (Wildman–Crippen MR) is 127 cm³/mol. The normalized spacial score (nSPS) is 21.8. The van der Waals surface area contributed by atoms with Gasteiger partial charge in [-0.05, 0) is 57.0 Å². The summed E-state index contributed by atoms with van der Waals surface area (Å²) in [7, 11) is 0. The van der Waals surface area contributed by atoms with Gasteiger partial charge in [-0.2, -0.15) is 0 Å². The van der Waals surface area contributed by atoms with Crippen molar-refractivity contribution >= 4 is 29.4 Å². The summed E-state index contributed by atoms with van der Waals surface area (Å²) in [6.07, 6.45) is 2.21. The molecule has 0 spiro atoms. The van der Waals surface area contributed by atoms with Crippen LogP contribution in [-0.4, -0.2) is 53.8 Å². The first kappa shape index (κ1) is 23.3. The number of carbonyl (C=O) groups excluding carboxylic acids is 3. The van der Waals surface area contributed by atoms with E-state index in [1.807, 2.05) is 55.5 Å². The third-order valence-corrected chi connectivity index (χ3v) is 6.89. The largest absolute Gasteiger partial charge is 0.353 e. The first-order valence-electron chi connectivity index (χ1n) is 11.3. The highest BCUT2D eigenvalue weighted by molar-refractivity contribution is 6.31. The topological polar surface area (TPSA) is 81.8 Å². The second-order valence-corrected chi connectivity index (χ2v) is 9.30. The second-order valence-electron chi connectivity index (χ2n) is 8.90. The molecule has 4 rings (SSSR count). The summed E-state index contributed by atoms with van der Waals surface area (Å²) >= 11 is 6.44. The van der Waals surface area contributed by atoms with Gasteiger partial charge in [0.25, 0.3) is 5.91 Å². The molecule has 2 aliphatic rings. The summed E-state index contributed by atoms with van der Waals surface area (Å²) < 4.78 is 0. The lowest BCUT2D eigenvalue weighted by molar-refractivity contribution is -0.134. The van der Waals surface area contributed by atoms with E-state index >= 15 is 0 Å². The number of benzene rings is 2. The molecule has 2 saturated heterocycles. The zero-order valence-electron chi connectivity index (χ0n) is 18.9. The van der Waals surface area contributed by atoms with Crippen molar-refractivity contribution in [2.24, 2.45) is 0 Å². The molecule has 4 amide bonds. The number of urea groups is 1. The Hall–Kier alpha value is -2.90. The van der Waals surface area contributed by atoms with E-state index in [-0.39, 0.29) is 18.5 Å². The number of imide groups is 1. The Morgan fingerprint density at radius 2 is 1.79 bits per heavy atom. The second kappa shape index (κ2) is 9.53. The van der Waals surface area contributed by atoms with E-state index < -0.39 is 17.5 Å². The van der Waals surface area contributed by atoms with Crippen LogP contribution < -0.4 is 10.6 Å². The zero-order valence-corrected chi connectivity index (χ0v) is 19.7. The van der Waals surface area contributed by atoms with Gasteiger partial charge in [-0.1, -0.05) is 59.6 Å². The lowest BCUT2D eigenvalue weighted by Crippen LogP contribution is -2.45. The van der Waals surface area contributed by atoms with Gasteiger partial charge in [-0.15, -0.1) is 0 Å². The molecule has 8 heteroatoms. The van der Waals surface area contributed by atoms with Crippen LogP contribution in [0.3, 0.4) is 0 Å². The highest BCUT2D eigenvalue weighted by Crippen LogP contribution is 2.30. The van der Waals surface area contributed by atoms with Gasteiger partial charge < -0.3 is 10.6 Å². The molecule has 33 heavy (non-hydrogen) atoms. The maximum absolute atomic E-state index is 13.1. The SMILES string of the molecule is Cc1ccc(C2(C)NC(=O)N(CC(=O)NCC(c3ccccc3Cl)N3CCCC3)C2=O)cc1. The van der Waals surface area contributed by atoms with Gasteiger partial charge in [-0.3, -0.25) is 19.4 Å². The average molecular weight is 469 g/mol. The van der Waals surface area contributed by atoms with Crippen molar-refractivity contribution < 1.29 is 14.4 Å². The molecule has 2 fully saturated rings. The Bertz CT molecular complexity index is 1050. The summed E-state index contributed by atoms with van der Waals surface area (Å²) in [6, 6.07) is 14.4. The summed E-state index contributed by atoms with van der Waals surface area (Å²) in [5, 5.41) is 6.32. The van der Waals surface area contributed by atoms with E-state index in [0.717, 1.165) is 42.0 Å². The van der Waals surface area contributed by atoms with Crippen molar-refractivity contribution in [1.82, 2.24) is 20.4 Å². The quantitative estimate of drug-likeness (QED) is 0.610. The maximum Gasteiger partial charge on any atom is 0.325 e. The van der Waals surface area contributed by atoms with Crippen LogP contribution in [0.25, 0.3) is 0 Å². The van der Waals surface area contributed by atoms with Crippen molar-refractivity contribution in [1.29, 1.82) is 0 Å². The molecule has 0 radical (unpaired) electrons. The molecule has 2 N–H and O–H groups in total. The van der Waals surface area contributed by atoms with Gasteiger partial charge in [0, 0.05) is 11.6 Å². The van der Waals surface area contributed by atoms with E-state index in [0.29, 0.717) is 17.1 Å². The molecule has 2 aliphatic heterocycles. The molecule has 2 atom stereocenters. The van der Waals surface area contributed by atoms with Gasteiger partial charge in [0.2, 0.25) is 5.91 Å². The smallest absolute Gasteiger partial charge is 0.325 e. The van der Waals surface area contributed by atoms with E-state index in [4.69, 9.17) is 11.6 Å². The van der Waals surface area contributed by atoms with E-state index in [2.05, 4.69) is 15.5 Å². The predicted octanol–water partition coefficient (Wildman–Crippen LogP) is 3.37. The molecule has 2 unspecified atom stereocenters. The number of halogens is 1. The first-order valence-corrected chi connectivity index (χ1v) is 11.6. The highest BCUT2D eigenvalue weighted by Gasteiger charge is 2.49. The zero-order chi connectivity index (χ0) is 23.6. The Balaban J connectivity index is 1.43. The molecule has 2 aromatic rings. The minimum absolute atomic E-state index is 0.0638. The summed E-state index contributed by atoms with van der Waals surface area (Å²) in [6.45, 7) is 5.51.